The van der Waals surface area contributed by atoms with Crippen LogP contribution in [-0.2, 0) is 0 Å². The zero-order valence-electron chi connectivity index (χ0n) is 11.8. The minimum Gasteiger partial charge on any atom is -0.361 e. The molecule has 0 aliphatic carbocycles. The number of thiazole rings is 1. The van der Waals surface area contributed by atoms with Crippen LogP contribution in [0.5, 0.6) is 0 Å². The maximum atomic E-state index is 4.48. The van der Waals surface area contributed by atoms with Crippen LogP contribution in [0.3, 0.4) is 0 Å². The molecule has 0 amide bonds. The lowest BCUT2D eigenvalue weighted by Gasteiger charge is -2.05. The summed E-state index contributed by atoms with van der Waals surface area (Å²) in [6.45, 7) is 5.36. The molecular formula is C17H18N2S. The lowest BCUT2D eigenvalue weighted by atomic mass is 10.0. The average molecular weight is 282 g/mol. The van der Waals surface area contributed by atoms with Crippen molar-refractivity contribution in [1.29, 1.82) is 0 Å². The van der Waals surface area contributed by atoms with Crippen LogP contribution < -0.4 is 5.32 Å². The van der Waals surface area contributed by atoms with E-state index in [0.717, 1.165) is 11.7 Å². The van der Waals surface area contributed by atoms with E-state index in [2.05, 4.69) is 66.6 Å². The summed E-state index contributed by atoms with van der Waals surface area (Å²) in [5.41, 5.74) is 1.26. The minimum atomic E-state index is 0.625. The second-order valence-electron chi connectivity index (χ2n) is 5.33. The Kier molecular flexibility index (Phi) is 3.70. The lowest BCUT2D eigenvalue weighted by molar-refractivity contribution is 0.688. The predicted molar refractivity (Wildman–Crippen MR) is 88.4 cm³/mol. The molecule has 0 aliphatic heterocycles. The van der Waals surface area contributed by atoms with E-state index in [1.54, 1.807) is 11.3 Å². The summed E-state index contributed by atoms with van der Waals surface area (Å²) in [7, 11) is 0. The molecule has 3 heteroatoms. The summed E-state index contributed by atoms with van der Waals surface area (Å²) >= 11 is 1.72. The molecule has 1 aromatic heterocycles. The molecule has 0 aliphatic rings. The molecule has 0 bridgehead atoms. The van der Waals surface area contributed by atoms with Crippen molar-refractivity contribution in [3.63, 3.8) is 0 Å². The fraction of sp³-hybridized carbons (Fsp3) is 0.235. The molecule has 20 heavy (non-hydrogen) atoms. The van der Waals surface area contributed by atoms with Gasteiger partial charge in [0.1, 0.15) is 0 Å². The third kappa shape index (κ3) is 2.68. The van der Waals surface area contributed by atoms with E-state index in [9.17, 15) is 0 Å². The van der Waals surface area contributed by atoms with Crippen molar-refractivity contribution in [3.05, 3.63) is 48.7 Å². The van der Waals surface area contributed by atoms with Gasteiger partial charge < -0.3 is 5.32 Å². The molecule has 0 saturated heterocycles. The van der Waals surface area contributed by atoms with Crippen LogP contribution in [0.2, 0.25) is 0 Å². The van der Waals surface area contributed by atoms with Gasteiger partial charge in [-0.05, 0) is 16.7 Å². The van der Waals surface area contributed by atoms with Gasteiger partial charge >= 0.3 is 0 Å². The number of fused-ring (bicyclic) bond motifs is 1. The van der Waals surface area contributed by atoms with Crippen LogP contribution in [0.15, 0.2) is 48.7 Å². The van der Waals surface area contributed by atoms with Crippen molar-refractivity contribution in [2.45, 2.75) is 13.8 Å². The van der Waals surface area contributed by atoms with E-state index in [0.29, 0.717) is 5.92 Å². The van der Waals surface area contributed by atoms with Crippen molar-refractivity contribution in [3.8, 4) is 10.4 Å². The van der Waals surface area contributed by atoms with Crippen LogP contribution >= 0.6 is 11.3 Å². The van der Waals surface area contributed by atoms with Gasteiger partial charge in [0.25, 0.3) is 0 Å². The maximum Gasteiger partial charge on any atom is 0.183 e. The Hall–Kier alpha value is -1.87. The Bertz CT molecular complexity index is 710. The van der Waals surface area contributed by atoms with E-state index in [4.69, 9.17) is 0 Å². The molecule has 0 spiro atoms. The summed E-state index contributed by atoms with van der Waals surface area (Å²) in [5, 5.41) is 6.95. The number of anilines is 1. The van der Waals surface area contributed by atoms with Gasteiger partial charge in [0.05, 0.1) is 4.88 Å². The fourth-order valence-electron chi connectivity index (χ4n) is 2.21. The van der Waals surface area contributed by atoms with Crippen LogP contribution in [-0.4, -0.2) is 11.5 Å². The van der Waals surface area contributed by atoms with Crippen molar-refractivity contribution < 1.29 is 0 Å². The van der Waals surface area contributed by atoms with Gasteiger partial charge in [0.2, 0.25) is 0 Å². The van der Waals surface area contributed by atoms with E-state index in [-0.39, 0.29) is 0 Å². The maximum absolute atomic E-state index is 4.48. The largest absolute Gasteiger partial charge is 0.361 e. The number of rotatable bonds is 4. The Morgan fingerprint density at radius 3 is 2.75 bits per heavy atom. The third-order valence-corrected chi connectivity index (χ3v) is 4.21. The van der Waals surface area contributed by atoms with Gasteiger partial charge in [-0.1, -0.05) is 67.6 Å². The normalized spacial score (nSPS) is 11.2. The smallest absolute Gasteiger partial charge is 0.183 e. The quantitative estimate of drug-likeness (QED) is 0.726. The molecule has 102 valence electrons. The second kappa shape index (κ2) is 5.63. The van der Waals surface area contributed by atoms with Gasteiger partial charge in [-0.2, -0.15) is 0 Å². The highest BCUT2D eigenvalue weighted by Crippen LogP contribution is 2.34. The second-order valence-corrected chi connectivity index (χ2v) is 6.36. The van der Waals surface area contributed by atoms with Crippen LogP contribution in [0.25, 0.3) is 21.2 Å². The van der Waals surface area contributed by atoms with Crippen molar-refractivity contribution in [2.75, 3.05) is 11.9 Å². The fourth-order valence-corrected chi connectivity index (χ4v) is 3.07. The topological polar surface area (TPSA) is 24.9 Å². The lowest BCUT2D eigenvalue weighted by Crippen LogP contribution is -2.07. The Morgan fingerprint density at radius 1 is 1.10 bits per heavy atom. The number of hydrogen-bond donors (Lipinski definition) is 1. The van der Waals surface area contributed by atoms with Crippen molar-refractivity contribution in [1.82, 2.24) is 4.98 Å². The van der Waals surface area contributed by atoms with Gasteiger partial charge in [0, 0.05) is 18.3 Å². The van der Waals surface area contributed by atoms with Crippen LogP contribution in [0, 0.1) is 5.92 Å². The Balaban J connectivity index is 1.95. The summed E-state index contributed by atoms with van der Waals surface area (Å²) in [6.07, 6.45) is 1.97. The molecule has 3 aromatic rings. The van der Waals surface area contributed by atoms with Gasteiger partial charge in [0.15, 0.2) is 5.13 Å². The summed E-state index contributed by atoms with van der Waals surface area (Å²) in [6, 6.07) is 14.9. The summed E-state index contributed by atoms with van der Waals surface area (Å²) in [5.74, 6) is 0.625. The van der Waals surface area contributed by atoms with E-state index >= 15 is 0 Å². The minimum absolute atomic E-state index is 0.625. The standard InChI is InChI=1S/C17H18N2S/c1-12(2)10-18-17-19-11-16(20-17)15-9-5-7-13-6-3-4-8-14(13)15/h3-9,11-12H,10H2,1-2H3,(H,18,19). The molecule has 0 unspecified atom stereocenters. The molecule has 3 rings (SSSR count). The summed E-state index contributed by atoms with van der Waals surface area (Å²) in [4.78, 5) is 5.69. The van der Waals surface area contributed by atoms with Gasteiger partial charge in [-0.3, -0.25) is 0 Å². The molecule has 1 heterocycles. The van der Waals surface area contributed by atoms with E-state index in [1.165, 1.54) is 21.2 Å². The molecular weight excluding hydrogens is 264 g/mol. The number of aromatic nitrogens is 1. The van der Waals surface area contributed by atoms with Crippen LogP contribution in [0.1, 0.15) is 13.8 Å². The van der Waals surface area contributed by atoms with Crippen molar-refractivity contribution in [2.24, 2.45) is 5.92 Å². The SMILES string of the molecule is CC(C)CNc1ncc(-c2cccc3ccccc23)s1. The number of benzene rings is 2. The number of hydrogen-bond acceptors (Lipinski definition) is 3. The molecule has 1 N–H and O–H groups in total. The highest BCUT2D eigenvalue weighted by molar-refractivity contribution is 7.19. The number of nitrogens with zero attached hydrogens (tertiary/aromatic N) is 1. The van der Waals surface area contributed by atoms with E-state index < -0.39 is 0 Å². The molecule has 2 nitrogen and oxygen atoms in total. The zero-order valence-corrected chi connectivity index (χ0v) is 12.6. The molecule has 0 atom stereocenters. The number of nitrogens with one attached hydrogen (secondary N) is 1. The Labute approximate surface area is 123 Å². The molecule has 0 fully saturated rings. The molecule has 0 radical (unpaired) electrons. The molecule has 0 saturated carbocycles. The first kappa shape index (κ1) is 13.1. The Morgan fingerprint density at radius 2 is 1.90 bits per heavy atom. The third-order valence-electron chi connectivity index (χ3n) is 3.22. The van der Waals surface area contributed by atoms with Crippen LogP contribution in [0.4, 0.5) is 5.13 Å². The predicted octanol–water partition coefficient (Wildman–Crippen LogP) is 5.03. The average Bonchev–Trinajstić information content (AvgIpc) is 2.93. The van der Waals surface area contributed by atoms with Gasteiger partial charge in [-0.15, -0.1) is 0 Å². The highest BCUT2D eigenvalue weighted by atomic mass is 32.1. The first-order valence-electron chi connectivity index (χ1n) is 6.92. The highest BCUT2D eigenvalue weighted by Gasteiger charge is 2.07. The summed E-state index contributed by atoms with van der Waals surface area (Å²) < 4.78 is 0. The first-order chi connectivity index (χ1) is 9.74. The monoisotopic (exact) mass is 282 g/mol. The first-order valence-corrected chi connectivity index (χ1v) is 7.73. The molecule has 2 aromatic carbocycles. The van der Waals surface area contributed by atoms with Crippen molar-refractivity contribution >= 4 is 27.2 Å². The van der Waals surface area contributed by atoms with Gasteiger partial charge in [-0.25, -0.2) is 4.98 Å². The van der Waals surface area contributed by atoms with E-state index in [1.807, 2.05) is 6.20 Å². The zero-order chi connectivity index (χ0) is 13.9.